The summed E-state index contributed by atoms with van der Waals surface area (Å²) in [5, 5.41) is 0. The van der Waals surface area contributed by atoms with E-state index < -0.39 is 0 Å². The van der Waals surface area contributed by atoms with Crippen LogP contribution in [0.4, 0.5) is 5.69 Å². The van der Waals surface area contributed by atoms with Crippen LogP contribution in [0.15, 0.2) is 78.9 Å². The molecule has 35 heavy (non-hydrogen) atoms. The highest BCUT2D eigenvalue weighted by Gasteiger charge is 2.38. The number of carbonyl (C=O) groups is 1. The van der Waals surface area contributed by atoms with Crippen molar-refractivity contribution in [3.63, 3.8) is 0 Å². The summed E-state index contributed by atoms with van der Waals surface area (Å²) >= 11 is 0. The van der Waals surface area contributed by atoms with Crippen LogP contribution in [0.2, 0.25) is 0 Å². The van der Waals surface area contributed by atoms with Gasteiger partial charge < -0.3 is 9.80 Å². The van der Waals surface area contributed by atoms with Crippen LogP contribution in [0.25, 0.3) is 0 Å². The fraction of sp³-hybridized carbons (Fsp3) is 0.387. The monoisotopic (exact) mass is 465 g/mol. The van der Waals surface area contributed by atoms with Gasteiger partial charge in [-0.3, -0.25) is 9.69 Å². The summed E-state index contributed by atoms with van der Waals surface area (Å²) in [4.78, 5) is 20.0. The van der Waals surface area contributed by atoms with Gasteiger partial charge in [-0.25, -0.2) is 0 Å². The van der Waals surface area contributed by atoms with E-state index in [1.165, 1.54) is 48.1 Å². The second-order valence-electron chi connectivity index (χ2n) is 10.4. The van der Waals surface area contributed by atoms with E-state index >= 15 is 0 Å². The Bertz CT molecular complexity index is 1110. The lowest BCUT2D eigenvalue weighted by Crippen LogP contribution is -2.46. The largest absolute Gasteiger partial charge is 0.369 e. The van der Waals surface area contributed by atoms with Crippen LogP contribution in [0.3, 0.4) is 0 Å². The van der Waals surface area contributed by atoms with Gasteiger partial charge in [0.2, 0.25) is 0 Å². The summed E-state index contributed by atoms with van der Waals surface area (Å²) < 4.78 is 0. The molecule has 1 saturated heterocycles. The van der Waals surface area contributed by atoms with E-state index in [2.05, 4.69) is 93.6 Å². The number of hydrogen-bond acceptors (Lipinski definition) is 3. The van der Waals surface area contributed by atoms with Crippen LogP contribution >= 0.6 is 0 Å². The van der Waals surface area contributed by atoms with E-state index in [4.69, 9.17) is 0 Å². The first-order chi connectivity index (χ1) is 17.3. The molecule has 3 aromatic carbocycles. The van der Waals surface area contributed by atoms with Crippen LogP contribution < -0.4 is 4.90 Å². The van der Waals surface area contributed by atoms with Crippen molar-refractivity contribution in [3.05, 3.63) is 101 Å². The van der Waals surface area contributed by atoms with Gasteiger partial charge in [0.25, 0.3) is 5.91 Å². The van der Waals surface area contributed by atoms with Crippen LogP contribution in [0, 0.1) is 0 Å². The molecular formula is C31H35N3O. The summed E-state index contributed by atoms with van der Waals surface area (Å²) in [5.74, 6) is 0.701. The van der Waals surface area contributed by atoms with Crippen molar-refractivity contribution in [1.82, 2.24) is 9.80 Å². The maximum atomic E-state index is 12.8. The Morgan fingerprint density at radius 3 is 2.09 bits per heavy atom. The van der Waals surface area contributed by atoms with E-state index in [-0.39, 0.29) is 5.91 Å². The second kappa shape index (κ2) is 9.87. The van der Waals surface area contributed by atoms with Crippen molar-refractivity contribution >= 4 is 11.6 Å². The lowest BCUT2D eigenvalue weighted by Gasteiger charge is -2.36. The van der Waals surface area contributed by atoms with Gasteiger partial charge in [-0.15, -0.1) is 0 Å². The molecule has 6 rings (SSSR count). The number of anilines is 1. The summed E-state index contributed by atoms with van der Waals surface area (Å²) in [6.07, 6.45) is 4.70. The first-order valence-corrected chi connectivity index (χ1v) is 13.3. The standard InChI is InChI=1S/C31H35N3O/c35-31-30-22-28(14-13-26(30)23-34(31)27-15-16-27)33-20-18-32(19-21-33)17-7-12-29(24-8-3-1-4-9-24)25-10-5-2-6-11-25/h1-6,8-11,13-14,22,27,29H,7,12,15-21,23H2. The van der Waals surface area contributed by atoms with Gasteiger partial charge in [0.15, 0.2) is 0 Å². The Morgan fingerprint density at radius 1 is 0.800 bits per heavy atom. The number of rotatable bonds is 8. The smallest absolute Gasteiger partial charge is 0.254 e. The molecular weight excluding hydrogens is 430 g/mol. The fourth-order valence-corrected chi connectivity index (χ4v) is 5.83. The van der Waals surface area contributed by atoms with E-state index in [1.807, 2.05) is 0 Å². The number of benzene rings is 3. The Kier molecular flexibility index (Phi) is 6.30. The van der Waals surface area contributed by atoms with Gasteiger partial charge >= 0.3 is 0 Å². The molecule has 2 fully saturated rings. The zero-order valence-electron chi connectivity index (χ0n) is 20.5. The van der Waals surface area contributed by atoms with Gasteiger partial charge in [-0.1, -0.05) is 66.7 Å². The minimum absolute atomic E-state index is 0.245. The highest BCUT2D eigenvalue weighted by Crippen LogP contribution is 2.36. The molecule has 4 nitrogen and oxygen atoms in total. The van der Waals surface area contributed by atoms with Gasteiger partial charge in [0, 0.05) is 55.9 Å². The van der Waals surface area contributed by atoms with Crippen LogP contribution in [0.1, 0.15) is 58.6 Å². The molecule has 1 amide bonds. The van der Waals surface area contributed by atoms with Gasteiger partial charge in [0.05, 0.1) is 0 Å². The molecule has 1 aliphatic carbocycles. The van der Waals surface area contributed by atoms with Crippen molar-refractivity contribution in [1.29, 1.82) is 0 Å². The SMILES string of the molecule is O=C1c2cc(N3CCN(CCCC(c4ccccc4)c4ccccc4)CC3)ccc2CN1C1CC1. The Morgan fingerprint density at radius 2 is 1.46 bits per heavy atom. The van der Waals surface area contributed by atoms with Crippen molar-refractivity contribution in [3.8, 4) is 0 Å². The minimum atomic E-state index is 0.245. The molecule has 4 heteroatoms. The normalized spacial score (nSPS) is 18.4. The van der Waals surface area contributed by atoms with E-state index in [0.717, 1.165) is 44.8 Å². The zero-order valence-corrected chi connectivity index (χ0v) is 20.5. The van der Waals surface area contributed by atoms with Crippen molar-refractivity contribution < 1.29 is 4.79 Å². The molecule has 0 bridgehead atoms. The summed E-state index contributed by atoms with van der Waals surface area (Å²) in [7, 11) is 0. The van der Waals surface area contributed by atoms with Crippen molar-refractivity contribution in [2.75, 3.05) is 37.6 Å². The maximum absolute atomic E-state index is 12.8. The van der Waals surface area contributed by atoms with E-state index in [0.29, 0.717) is 12.0 Å². The first-order valence-electron chi connectivity index (χ1n) is 13.3. The molecule has 3 aliphatic rings. The predicted octanol–water partition coefficient (Wildman–Crippen LogP) is 5.54. The van der Waals surface area contributed by atoms with E-state index in [9.17, 15) is 4.79 Å². The molecule has 0 N–H and O–H groups in total. The molecule has 0 unspecified atom stereocenters. The van der Waals surface area contributed by atoms with Gasteiger partial charge in [0.1, 0.15) is 0 Å². The third-order valence-corrected chi connectivity index (χ3v) is 8.02. The number of fused-ring (bicyclic) bond motifs is 1. The molecule has 1 saturated carbocycles. The van der Waals surface area contributed by atoms with Crippen molar-refractivity contribution in [2.45, 2.75) is 44.2 Å². The molecule has 0 spiro atoms. The zero-order chi connectivity index (χ0) is 23.6. The second-order valence-corrected chi connectivity index (χ2v) is 10.4. The van der Waals surface area contributed by atoms with Crippen LogP contribution in [-0.4, -0.2) is 54.5 Å². The Labute approximate surface area is 209 Å². The lowest BCUT2D eigenvalue weighted by atomic mass is 9.87. The Balaban J connectivity index is 1.03. The summed E-state index contributed by atoms with van der Waals surface area (Å²) in [6.45, 7) is 6.17. The number of nitrogens with zero attached hydrogens (tertiary/aromatic N) is 3. The van der Waals surface area contributed by atoms with Gasteiger partial charge in [-0.05, 0) is 61.1 Å². The number of amides is 1. The molecule has 3 aromatic rings. The third-order valence-electron chi connectivity index (χ3n) is 8.02. The highest BCUT2D eigenvalue weighted by atomic mass is 16.2. The topological polar surface area (TPSA) is 26.8 Å². The van der Waals surface area contributed by atoms with Crippen LogP contribution in [-0.2, 0) is 6.54 Å². The number of piperazine rings is 1. The maximum Gasteiger partial charge on any atom is 0.254 e. The molecule has 2 aliphatic heterocycles. The molecule has 180 valence electrons. The molecule has 2 heterocycles. The molecule has 0 atom stereocenters. The summed E-state index contributed by atoms with van der Waals surface area (Å²) in [6, 6.07) is 28.9. The fourth-order valence-electron chi connectivity index (χ4n) is 5.83. The van der Waals surface area contributed by atoms with Crippen molar-refractivity contribution in [2.24, 2.45) is 0 Å². The van der Waals surface area contributed by atoms with Gasteiger partial charge in [-0.2, -0.15) is 0 Å². The third kappa shape index (κ3) is 4.85. The van der Waals surface area contributed by atoms with E-state index in [1.54, 1.807) is 0 Å². The predicted molar refractivity (Wildman–Crippen MR) is 142 cm³/mol. The average Bonchev–Trinajstić information content (AvgIpc) is 3.71. The number of hydrogen-bond donors (Lipinski definition) is 0. The quantitative estimate of drug-likeness (QED) is 0.437. The Hall–Kier alpha value is -3.11. The summed E-state index contributed by atoms with van der Waals surface area (Å²) in [5.41, 5.74) is 6.17. The molecule has 0 radical (unpaired) electrons. The minimum Gasteiger partial charge on any atom is -0.369 e. The van der Waals surface area contributed by atoms with Crippen LogP contribution in [0.5, 0.6) is 0 Å². The number of carbonyl (C=O) groups excluding carboxylic acids is 1. The highest BCUT2D eigenvalue weighted by molar-refractivity contribution is 5.99. The average molecular weight is 466 g/mol. The first kappa shape index (κ1) is 22.4. The molecule has 0 aromatic heterocycles. The lowest BCUT2D eigenvalue weighted by molar-refractivity contribution is 0.0766.